The van der Waals surface area contributed by atoms with Crippen LogP contribution in [0.4, 0.5) is 4.79 Å². The van der Waals surface area contributed by atoms with E-state index >= 15 is 0 Å². The normalized spacial score (nSPS) is 43.7. The van der Waals surface area contributed by atoms with E-state index in [1.54, 1.807) is 6.92 Å². The highest BCUT2D eigenvalue weighted by Gasteiger charge is 2.68. The van der Waals surface area contributed by atoms with Gasteiger partial charge in [-0.25, -0.2) is 4.79 Å². The van der Waals surface area contributed by atoms with Crippen LogP contribution >= 0.6 is 0 Å². The molecule has 0 unspecified atom stereocenters. The summed E-state index contributed by atoms with van der Waals surface area (Å²) in [6.45, 7) is 6.25. The van der Waals surface area contributed by atoms with Crippen LogP contribution in [0.25, 0.3) is 0 Å². The van der Waals surface area contributed by atoms with Crippen molar-refractivity contribution in [1.29, 1.82) is 0 Å². The molecule has 4 saturated heterocycles. The molecule has 4 aliphatic heterocycles. The predicted molar refractivity (Wildman–Crippen MR) is 245 cm³/mol. The molecule has 1 N–H and O–H groups in total. The van der Waals surface area contributed by atoms with Crippen LogP contribution in [-0.2, 0) is 48.1 Å². The maximum atomic E-state index is 12.8. The van der Waals surface area contributed by atoms with Crippen molar-refractivity contribution in [3.63, 3.8) is 0 Å². The smallest absolute Gasteiger partial charge is 0.434 e. The van der Waals surface area contributed by atoms with Gasteiger partial charge in [-0.15, -0.1) is 0 Å². The molecule has 4 spiro atoms. The Balaban J connectivity index is 0.000000165. The summed E-state index contributed by atoms with van der Waals surface area (Å²) in [6.07, 6.45) is 27.3. The molecule has 372 valence electrons. The van der Waals surface area contributed by atoms with E-state index in [0.29, 0.717) is 48.3 Å². The summed E-state index contributed by atoms with van der Waals surface area (Å²) in [5, 5.41) is 3.28. The number of piperidine rings is 2. The van der Waals surface area contributed by atoms with Crippen LogP contribution in [0.15, 0.2) is 0 Å². The van der Waals surface area contributed by atoms with Crippen molar-refractivity contribution in [3.05, 3.63) is 0 Å². The molecule has 1 amide bonds. The lowest BCUT2D eigenvalue weighted by molar-refractivity contribution is -0.390. The summed E-state index contributed by atoms with van der Waals surface area (Å²) >= 11 is 0. The van der Waals surface area contributed by atoms with Crippen molar-refractivity contribution in [1.82, 2.24) is 10.2 Å². The minimum Gasteiger partial charge on any atom is -0.434 e. The topological polar surface area (TPSA) is 140 Å². The minimum absolute atomic E-state index is 0. The van der Waals surface area contributed by atoms with E-state index in [1.165, 1.54) is 103 Å². The molecular weight excluding hydrogens is 829 g/mol. The number of esters is 1. The predicted octanol–water partition coefficient (Wildman–Crippen LogP) is 11.2. The van der Waals surface area contributed by atoms with Gasteiger partial charge in [0.25, 0.3) is 0 Å². The lowest BCUT2D eigenvalue weighted by Gasteiger charge is -2.57. The molecule has 4 atom stereocenters. The first-order valence-corrected chi connectivity index (χ1v) is 25.6. The second-order valence-electron chi connectivity index (χ2n) is 22.2. The van der Waals surface area contributed by atoms with Crippen molar-refractivity contribution in [2.75, 3.05) is 32.8 Å². The second-order valence-corrected chi connectivity index (χ2v) is 22.2. The number of rotatable bonds is 5. The first kappa shape index (κ1) is 51.0. The average Bonchev–Trinajstić information content (AvgIpc) is 3.82. The summed E-state index contributed by atoms with van der Waals surface area (Å²) in [4.78, 5) is 62.5. The van der Waals surface area contributed by atoms with E-state index < -0.39 is 35.3 Å². The summed E-state index contributed by atoms with van der Waals surface area (Å²) < 4.78 is 22.9. The Morgan fingerprint density at radius 2 is 1.02 bits per heavy atom. The Hall–Kier alpha value is -1.87. The van der Waals surface area contributed by atoms with Crippen LogP contribution in [0.5, 0.6) is 0 Å². The molecule has 0 aromatic rings. The first-order chi connectivity index (χ1) is 30.1. The van der Waals surface area contributed by atoms with Gasteiger partial charge < -0.3 is 29.2 Å². The fourth-order valence-electron chi connectivity index (χ4n) is 15.4. The van der Waals surface area contributed by atoms with Gasteiger partial charge in [0.05, 0.1) is 6.61 Å². The van der Waals surface area contributed by atoms with Gasteiger partial charge in [0.15, 0.2) is 0 Å². The van der Waals surface area contributed by atoms with Gasteiger partial charge in [0.2, 0.25) is 29.1 Å². The molecule has 4 heterocycles. The average molecular weight is 917 g/mol. The Kier molecular flexibility index (Phi) is 16.8. The van der Waals surface area contributed by atoms with E-state index in [2.05, 4.69) is 15.0 Å². The number of hydrogen-bond acceptors (Lipinski definition) is 12. The van der Waals surface area contributed by atoms with E-state index in [-0.39, 0.29) is 41.2 Å². The van der Waals surface area contributed by atoms with E-state index in [0.717, 1.165) is 94.5 Å². The molecule has 14 aliphatic rings. The monoisotopic (exact) mass is 917 g/mol. The van der Waals surface area contributed by atoms with Crippen LogP contribution in [0, 0.1) is 59.2 Å². The number of nitrogens with zero attached hydrogens (tertiary/aromatic N) is 1. The zero-order valence-electron chi connectivity index (χ0n) is 37.6. The largest absolute Gasteiger partial charge is 0.516 e. The number of nitrogens with one attached hydrogen (secondary N) is 1. The number of carbonyl (C=O) groups is 3. The molecule has 8 bridgehead atoms. The fraction of sp³-hybridized carbons (Fsp3) is 0.942. The van der Waals surface area contributed by atoms with Gasteiger partial charge >= 0.3 is 12.1 Å². The molecule has 10 saturated carbocycles. The van der Waals surface area contributed by atoms with Gasteiger partial charge in [-0.1, -0.05) is 28.7 Å². The quantitative estimate of drug-likeness (QED) is 0.159. The lowest BCUT2D eigenvalue weighted by Crippen LogP contribution is -2.59. The van der Waals surface area contributed by atoms with Crippen LogP contribution in [-0.4, -0.2) is 78.9 Å². The molecule has 0 radical (unpaired) electrons. The Morgan fingerprint density at radius 3 is 1.43 bits per heavy atom. The zero-order chi connectivity index (χ0) is 42.4. The Morgan fingerprint density at radius 1 is 0.569 bits per heavy atom. The van der Waals surface area contributed by atoms with Crippen molar-refractivity contribution in [2.24, 2.45) is 59.2 Å². The third-order valence-electron chi connectivity index (χ3n) is 17.7. The van der Waals surface area contributed by atoms with E-state index in [4.69, 9.17) is 33.8 Å². The van der Waals surface area contributed by atoms with Gasteiger partial charge in [-0.3, -0.25) is 9.59 Å². The second kappa shape index (κ2) is 21.4. The standard InChI is InChI=1S/C23H35NO4.C21H30O7.C5H11N.3CH4/c25-21(24-7-2-1-3-8-24)14-16-5-4-6-22(15-16)26-23(28-27-22)19-10-17-9-18(12-19)13-20(23)11-17;1-2-24-19(23)25-18(22)11-13-4-3-5-20(12-13)26-21(28-27-20)16-7-14-6-15(9-16)10-17(21)8-14;1-2-4-6-5-3-1;;;/h16-20H,1-15H2;13-17H,2-12H2,1H3;6H,1-5H2;3*1H4/t16-,17?,18?,19?,20?,22+,23?;13-,14?,15?,16?,17?,20+,21?;;;;/m00..../s1. The third-order valence-corrected chi connectivity index (χ3v) is 17.7. The van der Waals surface area contributed by atoms with Crippen LogP contribution in [0.2, 0.25) is 0 Å². The molecular formula is C52H88N2O11. The first-order valence-electron chi connectivity index (χ1n) is 25.6. The number of ether oxygens (including phenoxy) is 4. The molecule has 0 aromatic heterocycles. The Labute approximate surface area is 391 Å². The highest BCUT2D eigenvalue weighted by atomic mass is 17.3. The highest BCUT2D eigenvalue weighted by molar-refractivity contribution is 5.81. The summed E-state index contributed by atoms with van der Waals surface area (Å²) in [5.74, 6) is 3.08. The molecule has 14 rings (SSSR count). The van der Waals surface area contributed by atoms with Crippen molar-refractivity contribution >= 4 is 18.0 Å². The minimum atomic E-state index is -0.928. The van der Waals surface area contributed by atoms with Crippen LogP contribution < -0.4 is 5.32 Å². The molecule has 13 heteroatoms. The number of amides is 1. The van der Waals surface area contributed by atoms with Gasteiger partial charge in [-0.2, -0.15) is 19.6 Å². The summed E-state index contributed by atoms with van der Waals surface area (Å²) in [6, 6.07) is 0. The van der Waals surface area contributed by atoms with Crippen molar-refractivity contribution in [3.8, 4) is 0 Å². The number of hydrogen-bond donors (Lipinski definition) is 1. The van der Waals surface area contributed by atoms with Crippen LogP contribution in [0.3, 0.4) is 0 Å². The van der Waals surface area contributed by atoms with Crippen molar-refractivity contribution < 1.29 is 52.9 Å². The highest BCUT2D eigenvalue weighted by Crippen LogP contribution is 2.65. The fourth-order valence-corrected chi connectivity index (χ4v) is 15.4. The summed E-state index contributed by atoms with van der Waals surface area (Å²) in [7, 11) is 0. The molecule has 13 nitrogen and oxygen atoms in total. The Bertz CT molecular complexity index is 1530. The van der Waals surface area contributed by atoms with Crippen LogP contribution in [0.1, 0.15) is 196 Å². The lowest BCUT2D eigenvalue weighted by atomic mass is 9.53. The number of likely N-dealkylation sites (tertiary alicyclic amines) is 1. The maximum absolute atomic E-state index is 12.8. The maximum Gasteiger partial charge on any atom is 0.516 e. The zero-order valence-corrected chi connectivity index (χ0v) is 37.6. The molecule has 65 heavy (non-hydrogen) atoms. The SMILES string of the molecule is C.C.C.C1CCNCC1.CCOC(=O)OC(=O)C[C@@H]1CCC[C@]2(C1)OOC1(O2)C2CC3CC(C2)CC1C3.O=C(C[C@@H]1CCC[C@]2(C1)OOC1(O2)C2CC3CC(C2)CC1C3)N1CCCCC1. The van der Waals surface area contributed by atoms with E-state index in [1.807, 2.05) is 0 Å². The molecule has 0 aromatic carbocycles. The summed E-state index contributed by atoms with van der Waals surface area (Å²) in [5.41, 5.74) is 0. The molecule has 14 fully saturated rings. The van der Waals surface area contributed by atoms with Gasteiger partial charge in [0.1, 0.15) is 0 Å². The van der Waals surface area contributed by atoms with Gasteiger partial charge in [0, 0.05) is 75.3 Å². The molecule has 10 aliphatic carbocycles. The van der Waals surface area contributed by atoms with E-state index in [9.17, 15) is 14.4 Å². The van der Waals surface area contributed by atoms with Gasteiger partial charge in [-0.05, 0) is 178 Å². The van der Waals surface area contributed by atoms with Crippen molar-refractivity contribution in [2.45, 2.75) is 219 Å². The third kappa shape index (κ3) is 10.7. The number of carbonyl (C=O) groups excluding carboxylic acids is 3.